The zero-order valence-corrected chi connectivity index (χ0v) is 12.8. The second-order valence-electron chi connectivity index (χ2n) is 5.95. The molecule has 0 aliphatic heterocycles. The maximum Gasteiger partial charge on any atom is 0.319 e. The zero-order chi connectivity index (χ0) is 15.8. The molecule has 0 spiro atoms. The molecule has 118 valence electrons. The van der Waals surface area contributed by atoms with Crippen LogP contribution in [0.25, 0.3) is 10.9 Å². The van der Waals surface area contributed by atoms with Crippen molar-refractivity contribution in [1.29, 1.82) is 0 Å². The normalized spacial score (nSPS) is 15.5. The quantitative estimate of drug-likeness (QED) is 0.692. The first-order chi connectivity index (χ1) is 11.2. The minimum Gasteiger partial charge on any atom is -0.336 e. The van der Waals surface area contributed by atoms with Gasteiger partial charge in [-0.3, -0.25) is 5.10 Å². The number of benzene rings is 1. The molecule has 1 aliphatic carbocycles. The largest absolute Gasteiger partial charge is 0.336 e. The first-order valence-corrected chi connectivity index (χ1v) is 7.69. The van der Waals surface area contributed by atoms with Gasteiger partial charge in [0.25, 0.3) is 0 Å². The van der Waals surface area contributed by atoms with E-state index in [1.165, 1.54) is 0 Å². The number of aromatic amines is 1. The van der Waals surface area contributed by atoms with E-state index in [-0.39, 0.29) is 12.1 Å². The van der Waals surface area contributed by atoms with Gasteiger partial charge in [0.15, 0.2) is 0 Å². The number of fused-ring (bicyclic) bond motifs is 1. The molecule has 2 heterocycles. The number of amides is 2. The van der Waals surface area contributed by atoms with E-state index in [2.05, 4.69) is 25.8 Å². The summed E-state index contributed by atoms with van der Waals surface area (Å²) in [6.45, 7) is 0. The van der Waals surface area contributed by atoms with Crippen molar-refractivity contribution in [3.63, 3.8) is 0 Å². The SMILES string of the molecule is Cn1ccnc1C(NC(=O)Nc1cccc2cn[nH]c12)C1CC1. The van der Waals surface area contributed by atoms with Crippen molar-refractivity contribution in [2.75, 3.05) is 5.32 Å². The van der Waals surface area contributed by atoms with E-state index in [9.17, 15) is 4.79 Å². The summed E-state index contributed by atoms with van der Waals surface area (Å²) >= 11 is 0. The van der Waals surface area contributed by atoms with Crippen molar-refractivity contribution in [3.05, 3.63) is 42.6 Å². The molecule has 1 aromatic carbocycles. The van der Waals surface area contributed by atoms with Gasteiger partial charge in [0, 0.05) is 24.8 Å². The molecule has 7 heteroatoms. The highest BCUT2D eigenvalue weighted by atomic mass is 16.2. The molecule has 1 unspecified atom stereocenters. The smallest absolute Gasteiger partial charge is 0.319 e. The Morgan fingerprint density at radius 3 is 3.04 bits per heavy atom. The van der Waals surface area contributed by atoms with Crippen LogP contribution in [0.3, 0.4) is 0 Å². The summed E-state index contributed by atoms with van der Waals surface area (Å²) in [5.74, 6) is 1.35. The number of aryl methyl sites for hydroxylation is 1. The van der Waals surface area contributed by atoms with Crippen LogP contribution in [-0.4, -0.2) is 25.8 Å². The molecule has 3 N–H and O–H groups in total. The van der Waals surface area contributed by atoms with E-state index in [0.717, 1.165) is 29.6 Å². The third-order valence-corrected chi connectivity index (χ3v) is 4.24. The van der Waals surface area contributed by atoms with Crippen molar-refractivity contribution in [2.45, 2.75) is 18.9 Å². The molecule has 2 amide bonds. The summed E-state index contributed by atoms with van der Waals surface area (Å²) in [7, 11) is 1.95. The summed E-state index contributed by atoms with van der Waals surface area (Å²) in [6, 6.07) is 5.41. The van der Waals surface area contributed by atoms with Gasteiger partial charge in [-0.1, -0.05) is 12.1 Å². The van der Waals surface area contributed by atoms with Crippen LogP contribution in [0.15, 0.2) is 36.8 Å². The lowest BCUT2D eigenvalue weighted by Crippen LogP contribution is -2.35. The Morgan fingerprint density at radius 1 is 1.43 bits per heavy atom. The summed E-state index contributed by atoms with van der Waals surface area (Å²) < 4.78 is 1.96. The third-order valence-electron chi connectivity index (χ3n) is 4.24. The van der Waals surface area contributed by atoms with E-state index in [1.807, 2.05) is 36.0 Å². The Hall–Kier alpha value is -2.83. The second-order valence-corrected chi connectivity index (χ2v) is 5.95. The average molecular weight is 310 g/mol. The predicted octanol–water partition coefficient (Wildman–Crippen LogP) is 2.57. The minimum atomic E-state index is -0.230. The lowest BCUT2D eigenvalue weighted by molar-refractivity contribution is 0.246. The molecule has 0 saturated heterocycles. The topological polar surface area (TPSA) is 87.6 Å². The van der Waals surface area contributed by atoms with Crippen LogP contribution in [0.5, 0.6) is 0 Å². The fourth-order valence-electron chi connectivity index (χ4n) is 2.87. The van der Waals surface area contributed by atoms with Crippen molar-refractivity contribution in [2.24, 2.45) is 13.0 Å². The number of nitrogens with one attached hydrogen (secondary N) is 3. The maximum absolute atomic E-state index is 12.4. The Bertz CT molecular complexity index is 847. The molecule has 0 radical (unpaired) electrons. The summed E-state index contributed by atoms with van der Waals surface area (Å²) in [4.78, 5) is 16.8. The van der Waals surface area contributed by atoms with Gasteiger partial charge >= 0.3 is 6.03 Å². The van der Waals surface area contributed by atoms with E-state index in [1.54, 1.807) is 12.4 Å². The van der Waals surface area contributed by atoms with E-state index in [0.29, 0.717) is 11.6 Å². The number of hydrogen-bond donors (Lipinski definition) is 3. The summed E-state index contributed by atoms with van der Waals surface area (Å²) in [6.07, 6.45) is 7.63. The summed E-state index contributed by atoms with van der Waals surface area (Å²) in [5, 5.41) is 13.9. The molecule has 1 saturated carbocycles. The highest BCUT2D eigenvalue weighted by Crippen LogP contribution is 2.40. The highest BCUT2D eigenvalue weighted by molar-refractivity contribution is 5.99. The second kappa shape index (κ2) is 5.42. The number of para-hydroxylation sites is 1. The molecule has 23 heavy (non-hydrogen) atoms. The summed E-state index contributed by atoms with van der Waals surface area (Å²) in [5.41, 5.74) is 1.54. The van der Waals surface area contributed by atoms with Gasteiger partial charge in [0.1, 0.15) is 5.82 Å². The van der Waals surface area contributed by atoms with Gasteiger partial charge in [0.05, 0.1) is 23.4 Å². The van der Waals surface area contributed by atoms with E-state index < -0.39 is 0 Å². The number of rotatable bonds is 4. The van der Waals surface area contributed by atoms with Gasteiger partial charge in [-0.05, 0) is 24.8 Å². The number of H-pyrrole nitrogens is 1. The first-order valence-electron chi connectivity index (χ1n) is 7.69. The molecular formula is C16H18N6O. The first kappa shape index (κ1) is 13.8. The number of nitrogens with zero attached hydrogens (tertiary/aromatic N) is 3. The maximum atomic E-state index is 12.4. The van der Waals surface area contributed by atoms with Gasteiger partial charge in [0.2, 0.25) is 0 Å². The van der Waals surface area contributed by atoms with Gasteiger partial charge in [-0.25, -0.2) is 9.78 Å². The molecule has 0 bridgehead atoms. The number of carbonyl (C=O) groups excluding carboxylic acids is 1. The highest BCUT2D eigenvalue weighted by Gasteiger charge is 2.35. The number of carbonyl (C=O) groups is 1. The Balaban J connectivity index is 1.53. The Morgan fingerprint density at radius 2 is 2.30 bits per heavy atom. The molecular weight excluding hydrogens is 292 g/mol. The van der Waals surface area contributed by atoms with E-state index in [4.69, 9.17) is 0 Å². The zero-order valence-electron chi connectivity index (χ0n) is 12.8. The number of hydrogen-bond acceptors (Lipinski definition) is 3. The monoisotopic (exact) mass is 310 g/mol. The fraction of sp³-hybridized carbons (Fsp3) is 0.312. The lowest BCUT2D eigenvalue weighted by Gasteiger charge is -2.18. The van der Waals surface area contributed by atoms with Gasteiger partial charge in [-0.15, -0.1) is 0 Å². The third kappa shape index (κ3) is 2.65. The molecule has 2 aromatic heterocycles. The molecule has 3 aromatic rings. The van der Waals surface area contributed by atoms with Crippen LogP contribution in [0.2, 0.25) is 0 Å². The van der Waals surface area contributed by atoms with Crippen molar-refractivity contribution in [1.82, 2.24) is 25.1 Å². The number of anilines is 1. The van der Waals surface area contributed by atoms with Crippen molar-refractivity contribution < 1.29 is 4.79 Å². The Kier molecular flexibility index (Phi) is 3.25. The predicted molar refractivity (Wildman–Crippen MR) is 86.9 cm³/mol. The van der Waals surface area contributed by atoms with Crippen molar-refractivity contribution >= 4 is 22.6 Å². The molecule has 7 nitrogen and oxygen atoms in total. The standard InChI is InChI=1S/C16H18N6O/c1-22-8-7-17-15(22)14(10-5-6-10)20-16(23)19-12-4-2-3-11-9-18-21-13(11)12/h2-4,7-10,14H,5-6H2,1H3,(H,18,21)(H2,19,20,23). The number of aromatic nitrogens is 4. The van der Waals surface area contributed by atoms with Crippen molar-refractivity contribution in [3.8, 4) is 0 Å². The molecule has 1 fully saturated rings. The minimum absolute atomic E-state index is 0.0593. The number of urea groups is 1. The van der Waals surface area contributed by atoms with Crippen LogP contribution in [-0.2, 0) is 7.05 Å². The van der Waals surface area contributed by atoms with Gasteiger partial charge in [-0.2, -0.15) is 5.10 Å². The average Bonchev–Trinajstić information content (AvgIpc) is 3.10. The van der Waals surface area contributed by atoms with Crippen LogP contribution >= 0.6 is 0 Å². The van der Waals surface area contributed by atoms with Crippen LogP contribution in [0.4, 0.5) is 10.5 Å². The van der Waals surface area contributed by atoms with Crippen LogP contribution in [0, 0.1) is 5.92 Å². The Labute approximate surface area is 133 Å². The lowest BCUT2D eigenvalue weighted by atomic mass is 10.1. The van der Waals surface area contributed by atoms with Gasteiger partial charge < -0.3 is 15.2 Å². The molecule has 1 atom stereocenters. The van der Waals surface area contributed by atoms with Crippen LogP contribution in [0.1, 0.15) is 24.7 Å². The van der Waals surface area contributed by atoms with E-state index >= 15 is 0 Å². The number of imidazole rings is 1. The fourth-order valence-corrected chi connectivity index (χ4v) is 2.87. The van der Waals surface area contributed by atoms with Crippen LogP contribution < -0.4 is 10.6 Å². The molecule has 1 aliphatic rings. The molecule has 4 rings (SSSR count).